The van der Waals surface area contributed by atoms with E-state index in [0.717, 1.165) is 0 Å². The standard InChI is InChI=1S/C22H38O5/c1-13(2)8-10-17(21(26)18(24)11-9-14(3)4)22(27)20(16(7)23)19(25)12-15(5)6/h13-15,17,21,26-27H,8-12H2,1-7H3/t17-,21-/m0/s1. The molecule has 27 heavy (non-hydrogen) atoms. The van der Waals surface area contributed by atoms with Crippen LogP contribution in [0.15, 0.2) is 11.3 Å². The van der Waals surface area contributed by atoms with Gasteiger partial charge in [0.2, 0.25) is 0 Å². The smallest absolute Gasteiger partial charge is 0.170 e. The van der Waals surface area contributed by atoms with Gasteiger partial charge >= 0.3 is 0 Å². The molecule has 5 nitrogen and oxygen atoms in total. The predicted molar refractivity (Wildman–Crippen MR) is 107 cm³/mol. The lowest BCUT2D eigenvalue weighted by Crippen LogP contribution is -2.33. The Hall–Kier alpha value is -1.49. The molecule has 0 rings (SSSR count). The summed E-state index contributed by atoms with van der Waals surface area (Å²) in [7, 11) is 0. The van der Waals surface area contributed by atoms with Crippen LogP contribution in [0.4, 0.5) is 0 Å². The lowest BCUT2D eigenvalue weighted by atomic mass is 9.84. The summed E-state index contributed by atoms with van der Waals surface area (Å²) in [5.74, 6) is -2.04. The molecule has 0 spiro atoms. The van der Waals surface area contributed by atoms with Crippen molar-refractivity contribution in [2.45, 2.75) is 86.7 Å². The molecule has 0 amide bonds. The van der Waals surface area contributed by atoms with Gasteiger partial charge in [-0.25, -0.2) is 0 Å². The second-order valence-corrected chi connectivity index (χ2v) is 8.76. The van der Waals surface area contributed by atoms with Crippen molar-refractivity contribution in [3.63, 3.8) is 0 Å². The van der Waals surface area contributed by atoms with E-state index in [1.165, 1.54) is 6.92 Å². The second kappa shape index (κ2) is 12.1. The van der Waals surface area contributed by atoms with Gasteiger partial charge in [0, 0.05) is 12.8 Å². The first kappa shape index (κ1) is 25.5. The third-order valence-corrected chi connectivity index (χ3v) is 4.57. The Kier molecular flexibility index (Phi) is 11.4. The molecular weight excluding hydrogens is 344 g/mol. The third kappa shape index (κ3) is 9.32. The molecule has 156 valence electrons. The fourth-order valence-corrected chi connectivity index (χ4v) is 2.94. The van der Waals surface area contributed by atoms with Crippen molar-refractivity contribution < 1.29 is 24.6 Å². The Morgan fingerprint density at radius 3 is 1.74 bits per heavy atom. The van der Waals surface area contributed by atoms with Crippen LogP contribution in [0, 0.1) is 23.7 Å². The van der Waals surface area contributed by atoms with Gasteiger partial charge in [-0.2, -0.15) is 0 Å². The van der Waals surface area contributed by atoms with Crippen molar-refractivity contribution in [1.82, 2.24) is 0 Å². The Bertz CT molecular complexity index is 543. The van der Waals surface area contributed by atoms with Crippen LogP contribution in [0.2, 0.25) is 0 Å². The molecule has 0 aliphatic carbocycles. The number of carbonyl (C=O) groups excluding carboxylic acids is 3. The molecular formula is C22H38O5. The fourth-order valence-electron chi connectivity index (χ4n) is 2.94. The number of allylic oxidation sites excluding steroid dienone is 1. The molecule has 0 saturated carbocycles. The number of rotatable bonds is 13. The van der Waals surface area contributed by atoms with Gasteiger partial charge in [0.1, 0.15) is 11.9 Å². The molecule has 0 unspecified atom stereocenters. The maximum atomic E-state index is 12.5. The van der Waals surface area contributed by atoms with Crippen LogP contribution in [0.1, 0.15) is 80.6 Å². The van der Waals surface area contributed by atoms with Crippen LogP contribution in [-0.2, 0) is 14.4 Å². The molecule has 0 aliphatic heterocycles. The Labute approximate surface area is 164 Å². The average Bonchev–Trinajstić information content (AvgIpc) is 2.50. The van der Waals surface area contributed by atoms with Crippen molar-refractivity contribution in [2.75, 3.05) is 0 Å². The highest BCUT2D eigenvalue weighted by Gasteiger charge is 2.33. The van der Waals surface area contributed by atoms with Crippen molar-refractivity contribution in [2.24, 2.45) is 23.7 Å². The minimum absolute atomic E-state index is 0.0337. The zero-order valence-electron chi connectivity index (χ0n) is 18.0. The highest BCUT2D eigenvalue weighted by Crippen LogP contribution is 2.28. The summed E-state index contributed by atoms with van der Waals surface area (Å²) in [6, 6.07) is 0. The van der Waals surface area contributed by atoms with Gasteiger partial charge < -0.3 is 10.2 Å². The van der Waals surface area contributed by atoms with Crippen molar-refractivity contribution in [1.29, 1.82) is 0 Å². The van der Waals surface area contributed by atoms with Gasteiger partial charge in [-0.05, 0) is 37.5 Å². The van der Waals surface area contributed by atoms with E-state index in [0.29, 0.717) is 31.1 Å². The number of hydrogen-bond donors (Lipinski definition) is 2. The quantitative estimate of drug-likeness (QED) is 0.213. The number of ketones is 3. The lowest BCUT2D eigenvalue weighted by molar-refractivity contribution is -0.130. The first-order valence-electron chi connectivity index (χ1n) is 10.1. The molecule has 0 saturated heterocycles. The molecule has 0 aliphatic rings. The summed E-state index contributed by atoms with van der Waals surface area (Å²) in [5, 5.41) is 21.4. The molecule has 0 fully saturated rings. The summed E-state index contributed by atoms with van der Waals surface area (Å²) in [6.07, 6.45) is 0.566. The number of carbonyl (C=O) groups is 3. The van der Waals surface area contributed by atoms with Gasteiger partial charge in [-0.1, -0.05) is 48.0 Å². The SMILES string of the molecule is CC(=O)C(C(=O)CC(C)C)=C(O)[C@@H](CCC(C)C)[C@H](O)C(=O)CCC(C)C. The van der Waals surface area contributed by atoms with Gasteiger partial charge in [-0.15, -0.1) is 0 Å². The zero-order valence-corrected chi connectivity index (χ0v) is 18.0. The lowest BCUT2D eigenvalue weighted by Gasteiger charge is -2.24. The molecule has 0 aromatic rings. The maximum Gasteiger partial charge on any atom is 0.170 e. The molecule has 2 N–H and O–H groups in total. The van der Waals surface area contributed by atoms with Gasteiger partial charge in [-0.3, -0.25) is 14.4 Å². The largest absolute Gasteiger partial charge is 0.511 e. The van der Waals surface area contributed by atoms with Gasteiger partial charge in [0.05, 0.1) is 11.5 Å². The van der Waals surface area contributed by atoms with Crippen LogP contribution >= 0.6 is 0 Å². The Morgan fingerprint density at radius 1 is 0.815 bits per heavy atom. The summed E-state index contributed by atoms with van der Waals surface area (Å²) < 4.78 is 0. The first-order valence-corrected chi connectivity index (χ1v) is 10.1. The van der Waals surface area contributed by atoms with E-state index in [2.05, 4.69) is 0 Å². The zero-order chi connectivity index (χ0) is 21.3. The van der Waals surface area contributed by atoms with E-state index in [-0.39, 0.29) is 30.1 Å². The summed E-state index contributed by atoms with van der Waals surface area (Å²) >= 11 is 0. The van der Waals surface area contributed by atoms with E-state index in [4.69, 9.17) is 0 Å². The van der Waals surface area contributed by atoms with Gasteiger partial charge in [0.15, 0.2) is 17.3 Å². The minimum Gasteiger partial charge on any atom is -0.511 e. The van der Waals surface area contributed by atoms with Crippen LogP contribution in [0.25, 0.3) is 0 Å². The van der Waals surface area contributed by atoms with E-state index in [9.17, 15) is 24.6 Å². The number of aliphatic hydroxyl groups is 2. The Morgan fingerprint density at radius 2 is 1.33 bits per heavy atom. The summed E-state index contributed by atoms with van der Waals surface area (Å²) in [4.78, 5) is 37.0. The maximum absolute atomic E-state index is 12.5. The molecule has 0 heterocycles. The predicted octanol–water partition coefficient (Wildman–Crippen LogP) is 4.42. The molecule has 0 aromatic heterocycles. The van der Waals surface area contributed by atoms with Crippen molar-refractivity contribution in [3.8, 4) is 0 Å². The average molecular weight is 383 g/mol. The molecule has 0 aromatic carbocycles. The molecule has 5 heteroatoms. The molecule has 2 atom stereocenters. The first-order chi connectivity index (χ1) is 12.4. The minimum atomic E-state index is -1.41. The van der Waals surface area contributed by atoms with Crippen LogP contribution in [0.3, 0.4) is 0 Å². The van der Waals surface area contributed by atoms with E-state index in [1.807, 2.05) is 41.5 Å². The monoisotopic (exact) mass is 382 g/mol. The Balaban J connectivity index is 5.81. The number of hydrogen-bond acceptors (Lipinski definition) is 5. The highest BCUT2D eigenvalue weighted by molar-refractivity contribution is 6.19. The van der Waals surface area contributed by atoms with Gasteiger partial charge in [0.25, 0.3) is 0 Å². The fraction of sp³-hybridized carbons (Fsp3) is 0.773. The highest BCUT2D eigenvalue weighted by atomic mass is 16.3. The number of Topliss-reactive ketones (excluding diaryl/α,β-unsaturated/α-hetero) is 3. The second-order valence-electron chi connectivity index (χ2n) is 8.76. The topological polar surface area (TPSA) is 91.7 Å². The third-order valence-electron chi connectivity index (χ3n) is 4.57. The molecule has 0 bridgehead atoms. The van der Waals surface area contributed by atoms with Crippen LogP contribution in [0.5, 0.6) is 0 Å². The normalized spacial score (nSPS) is 15.1. The van der Waals surface area contributed by atoms with Crippen molar-refractivity contribution in [3.05, 3.63) is 11.3 Å². The van der Waals surface area contributed by atoms with E-state index < -0.39 is 29.3 Å². The van der Waals surface area contributed by atoms with E-state index >= 15 is 0 Å². The van der Waals surface area contributed by atoms with Crippen LogP contribution < -0.4 is 0 Å². The molecule has 0 radical (unpaired) electrons. The van der Waals surface area contributed by atoms with E-state index in [1.54, 1.807) is 0 Å². The van der Waals surface area contributed by atoms with Crippen LogP contribution in [-0.4, -0.2) is 33.7 Å². The summed E-state index contributed by atoms with van der Waals surface area (Å²) in [6.45, 7) is 12.9. The van der Waals surface area contributed by atoms with Crippen molar-refractivity contribution >= 4 is 17.3 Å². The summed E-state index contributed by atoms with van der Waals surface area (Å²) in [5.41, 5.74) is -0.270. The number of aliphatic hydroxyl groups excluding tert-OH is 2.